The number of nitrogens with one attached hydrogen (secondary N) is 1. The van der Waals surface area contributed by atoms with Crippen molar-refractivity contribution in [1.82, 2.24) is 9.78 Å². The zero-order valence-corrected chi connectivity index (χ0v) is 12.0. The minimum Gasteiger partial charge on any atom is -0.379 e. The van der Waals surface area contributed by atoms with Crippen LogP contribution in [0, 0.1) is 0 Å². The summed E-state index contributed by atoms with van der Waals surface area (Å²) in [6.45, 7) is 4.22. The van der Waals surface area contributed by atoms with E-state index in [1.807, 2.05) is 13.2 Å². The quantitative estimate of drug-likeness (QED) is 0.905. The summed E-state index contributed by atoms with van der Waals surface area (Å²) in [5.41, 5.74) is 2.09. The van der Waals surface area contributed by atoms with Crippen LogP contribution < -0.4 is 5.32 Å². The van der Waals surface area contributed by atoms with Gasteiger partial charge in [0.25, 0.3) is 0 Å². The van der Waals surface area contributed by atoms with Crippen LogP contribution in [0.1, 0.15) is 38.3 Å². The van der Waals surface area contributed by atoms with Crippen LogP contribution in [0.4, 0.5) is 5.69 Å². The molecule has 6 heteroatoms. The fourth-order valence-electron chi connectivity index (χ4n) is 2.30. The number of aromatic nitrogens is 2. The molecule has 5 nitrogen and oxygen atoms in total. The predicted molar refractivity (Wildman–Crippen MR) is 72.6 cm³/mol. The average Bonchev–Trinajstić information content (AvgIpc) is 2.63. The number of sulfone groups is 1. The number of hydrogen-bond donors (Lipinski definition) is 1. The van der Waals surface area contributed by atoms with Crippen molar-refractivity contribution in [3.8, 4) is 0 Å². The molecule has 0 aromatic carbocycles. The predicted octanol–water partition coefficient (Wildman–Crippen LogP) is 1.53. The van der Waals surface area contributed by atoms with Gasteiger partial charge in [0.15, 0.2) is 0 Å². The van der Waals surface area contributed by atoms with Gasteiger partial charge in [-0.25, -0.2) is 8.42 Å². The highest BCUT2D eigenvalue weighted by Crippen LogP contribution is 2.25. The monoisotopic (exact) mass is 271 g/mol. The molecule has 0 atom stereocenters. The fourth-order valence-corrected chi connectivity index (χ4v) is 3.79. The topological polar surface area (TPSA) is 64.0 Å². The third kappa shape index (κ3) is 3.04. The van der Waals surface area contributed by atoms with Gasteiger partial charge in [-0.15, -0.1) is 0 Å². The first-order chi connectivity index (χ1) is 8.37. The van der Waals surface area contributed by atoms with E-state index in [2.05, 4.69) is 24.3 Å². The average molecular weight is 271 g/mol. The molecule has 1 aromatic rings. The SMILES string of the molecule is CC(C)c1nn(C)cc1NC1CCS(=O)(=O)CC1. The lowest BCUT2D eigenvalue weighted by Crippen LogP contribution is -2.32. The first-order valence-electron chi connectivity index (χ1n) is 6.38. The van der Waals surface area contributed by atoms with E-state index >= 15 is 0 Å². The molecule has 1 saturated heterocycles. The molecule has 1 aliphatic heterocycles. The molecule has 1 aromatic heterocycles. The molecule has 0 radical (unpaired) electrons. The van der Waals surface area contributed by atoms with Crippen LogP contribution in [0.25, 0.3) is 0 Å². The Morgan fingerprint density at radius 1 is 1.39 bits per heavy atom. The highest BCUT2D eigenvalue weighted by atomic mass is 32.2. The molecule has 0 bridgehead atoms. The maximum absolute atomic E-state index is 11.4. The second-order valence-electron chi connectivity index (χ2n) is 5.33. The summed E-state index contributed by atoms with van der Waals surface area (Å²) in [6, 6.07) is 0.246. The second-order valence-corrected chi connectivity index (χ2v) is 7.63. The lowest BCUT2D eigenvalue weighted by molar-refractivity contribution is 0.559. The summed E-state index contributed by atoms with van der Waals surface area (Å²) in [7, 11) is -0.885. The van der Waals surface area contributed by atoms with E-state index in [0.717, 1.165) is 11.4 Å². The van der Waals surface area contributed by atoms with Gasteiger partial charge in [0.2, 0.25) is 0 Å². The maximum Gasteiger partial charge on any atom is 0.150 e. The Kier molecular flexibility index (Phi) is 3.66. The molecule has 2 heterocycles. The van der Waals surface area contributed by atoms with Crippen LogP contribution in [0.5, 0.6) is 0 Å². The molecule has 0 spiro atoms. The highest BCUT2D eigenvalue weighted by Gasteiger charge is 2.24. The van der Waals surface area contributed by atoms with Crippen molar-refractivity contribution < 1.29 is 8.42 Å². The zero-order valence-electron chi connectivity index (χ0n) is 11.2. The normalized spacial score (nSPS) is 20.2. The van der Waals surface area contributed by atoms with Crippen molar-refractivity contribution in [1.29, 1.82) is 0 Å². The van der Waals surface area contributed by atoms with Gasteiger partial charge in [0.1, 0.15) is 9.84 Å². The van der Waals surface area contributed by atoms with Crippen LogP contribution in [0.3, 0.4) is 0 Å². The number of aryl methyl sites for hydroxylation is 1. The van der Waals surface area contributed by atoms with Crippen molar-refractivity contribution in [2.24, 2.45) is 7.05 Å². The Balaban J connectivity index is 2.06. The Bertz CT molecular complexity index is 505. The molecule has 1 N–H and O–H groups in total. The number of nitrogens with zero attached hydrogens (tertiary/aromatic N) is 2. The Morgan fingerprint density at radius 3 is 2.56 bits per heavy atom. The Hall–Kier alpha value is -1.04. The number of rotatable bonds is 3. The fraction of sp³-hybridized carbons (Fsp3) is 0.750. The van der Waals surface area contributed by atoms with Gasteiger partial charge in [0, 0.05) is 19.3 Å². The van der Waals surface area contributed by atoms with E-state index in [-0.39, 0.29) is 6.04 Å². The molecule has 0 amide bonds. The van der Waals surface area contributed by atoms with Crippen LogP contribution in [-0.2, 0) is 16.9 Å². The van der Waals surface area contributed by atoms with E-state index in [9.17, 15) is 8.42 Å². The zero-order chi connectivity index (χ0) is 13.3. The first-order valence-corrected chi connectivity index (χ1v) is 8.20. The summed E-state index contributed by atoms with van der Waals surface area (Å²) >= 11 is 0. The summed E-state index contributed by atoms with van der Waals surface area (Å²) in [5, 5.41) is 7.88. The largest absolute Gasteiger partial charge is 0.379 e. The summed E-state index contributed by atoms with van der Waals surface area (Å²) in [5.74, 6) is 0.949. The molecule has 2 rings (SSSR count). The summed E-state index contributed by atoms with van der Waals surface area (Å²) in [6.07, 6.45) is 3.35. The van der Waals surface area contributed by atoms with Gasteiger partial charge < -0.3 is 5.32 Å². The lowest BCUT2D eigenvalue weighted by Gasteiger charge is -2.24. The Labute approximate surface area is 108 Å². The smallest absolute Gasteiger partial charge is 0.150 e. The van der Waals surface area contributed by atoms with Crippen LogP contribution >= 0.6 is 0 Å². The van der Waals surface area contributed by atoms with Crippen molar-refractivity contribution in [2.45, 2.75) is 38.6 Å². The molecule has 0 aliphatic carbocycles. The minimum absolute atomic E-state index is 0.246. The van der Waals surface area contributed by atoms with Gasteiger partial charge in [-0.3, -0.25) is 4.68 Å². The van der Waals surface area contributed by atoms with E-state index < -0.39 is 9.84 Å². The standard InChI is InChI=1S/C12H21N3O2S/c1-9(2)12-11(8-15(3)14-12)13-10-4-6-18(16,17)7-5-10/h8-10,13H,4-7H2,1-3H3. The van der Waals surface area contributed by atoms with Crippen molar-refractivity contribution >= 4 is 15.5 Å². The van der Waals surface area contributed by atoms with Crippen LogP contribution in [-0.4, -0.2) is 35.7 Å². The second kappa shape index (κ2) is 4.91. The van der Waals surface area contributed by atoms with E-state index in [0.29, 0.717) is 30.3 Å². The van der Waals surface area contributed by atoms with E-state index in [1.54, 1.807) is 4.68 Å². The van der Waals surface area contributed by atoms with E-state index in [4.69, 9.17) is 0 Å². The van der Waals surface area contributed by atoms with Gasteiger partial charge >= 0.3 is 0 Å². The van der Waals surface area contributed by atoms with Crippen molar-refractivity contribution in [2.75, 3.05) is 16.8 Å². The van der Waals surface area contributed by atoms with Gasteiger partial charge in [-0.2, -0.15) is 5.10 Å². The molecule has 18 heavy (non-hydrogen) atoms. The first kappa shape index (κ1) is 13.4. The minimum atomic E-state index is -2.79. The van der Waals surface area contributed by atoms with Crippen LogP contribution in [0.2, 0.25) is 0 Å². The highest BCUT2D eigenvalue weighted by molar-refractivity contribution is 7.91. The molecule has 1 aliphatic rings. The van der Waals surface area contributed by atoms with Gasteiger partial charge in [0.05, 0.1) is 22.9 Å². The Morgan fingerprint density at radius 2 is 2.00 bits per heavy atom. The third-order valence-corrected chi connectivity index (χ3v) is 5.03. The van der Waals surface area contributed by atoms with Crippen LogP contribution in [0.15, 0.2) is 6.20 Å². The summed E-state index contributed by atoms with van der Waals surface area (Å²) < 4.78 is 24.6. The number of hydrogen-bond acceptors (Lipinski definition) is 4. The molecule has 102 valence electrons. The molecule has 0 saturated carbocycles. The van der Waals surface area contributed by atoms with Gasteiger partial charge in [-0.05, 0) is 18.8 Å². The maximum atomic E-state index is 11.4. The molecule has 1 fully saturated rings. The lowest BCUT2D eigenvalue weighted by atomic mass is 10.1. The van der Waals surface area contributed by atoms with E-state index in [1.165, 1.54) is 0 Å². The molecular weight excluding hydrogens is 250 g/mol. The third-order valence-electron chi connectivity index (χ3n) is 3.32. The van der Waals surface area contributed by atoms with Gasteiger partial charge in [-0.1, -0.05) is 13.8 Å². The molecular formula is C12H21N3O2S. The van der Waals surface area contributed by atoms with Crippen molar-refractivity contribution in [3.63, 3.8) is 0 Å². The number of anilines is 1. The summed E-state index contributed by atoms with van der Waals surface area (Å²) in [4.78, 5) is 0. The molecule has 0 unspecified atom stereocenters. The van der Waals surface area contributed by atoms with Crippen molar-refractivity contribution in [3.05, 3.63) is 11.9 Å².